The first-order chi connectivity index (χ1) is 11.2. The average Bonchev–Trinajstić information content (AvgIpc) is 3.02. The van der Waals surface area contributed by atoms with E-state index in [-0.39, 0.29) is 12.1 Å². The van der Waals surface area contributed by atoms with E-state index in [0.29, 0.717) is 11.6 Å². The summed E-state index contributed by atoms with van der Waals surface area (Å²) in [5.74, 6) is -0.133. The summed E-state index contributed by atoms with van der Waals surface area (Å²) in [7, 11) is 0. The minimum Gasteiger partial charge on any atom is -0.367 e. The topological polar surface area (TPSA) is 90.1 Å². The minimum atomic E-state index is -0.481. The van der Waals surface area contributed by atoms with Crippen molar-refractivity contribution >= 4 is 23.2 Å². The fraction of sp³-hybridized carbons (Fsp3) is 0.200. The number of anilines is 1. The monoisotopic (exact) mass is 332 g/mol. The summed E-state index contributed by atoms with van der Waals surface area (Å²) >= 11 is 5.97. The van der Waals surface area contributed by atoms with Crippen molar-refractivity contribution in [1.29, 1.82) is 0 Å². The van der Waals surface area contributed by atoms with Crippen molar-refractivity contribution in [2.75, 3.05) is 5.32 Å². The van der Waals surface area contributed by atoms with Gasteiger partial charge in [-0.05, 0) is 29.8 Å². The molecule has 2 heterocycles. The Morgan fingerprint density at radius 2 is 2.17 bits per heavy atom. The third-order valence-electron chi connectivity index (χ3n) is 3.41. The number of hydrogen-bond donors (Lipinski definition) is 5. The molecule has 120 valence electrons. The van der Waals surface area contributed by atoms with Gasteiger partial charge in [0.25, 0.3) is 0 Å². The number of nitrogens with zero attached hydrogens (tertiary/aromatic N) is 1. The highest BCUT2D eigenvalue weighted by Crippen LogP contribution is 2.16. The quantitative estimate of drug-likeness (QED) is 0.556. The molecule has 1 aliphatic rings. The van der Waals surface area contributed by atoms with E-state index in [1.807, 2.05) is 24.3 Å². The summed E-state index contributed by atoms with van der Waals surface area (Å²) in [4.78, 5) is 16.4. The predicted octanol–water partition coefficient (Wildman–Crippen LogP) is 0.770. The highest BCUT2D eigenvalue weighted by Gasteiger charge is 2.32. The number of amides is 1. The van der Waals surface area contributed by atoms with Crippen LogP contribution in [0.1, 0.15) is 5.56 Å². The summed E-state index contributed by atoms with van der Waals surface area (Å²) in [5, 5.41) is 6.73. The molecule has 2 aromatic rings. The van der Waals surface area contributed by atoms with E-state index in [4.69, 9.17) is 11.6 Å². The molecule has 1 aromatic carbocycles. The maximum atomic E-state index is 12.3. The molecule has 1 aromatic heterocycles. The average molecular weight is 333 g/mol. The largest absolute Gasteiger partial charge is 0.367 e. The maximum Gasteiger partial charge on any atom is 0.242 e. The van der Waals surface area contributed by atoms with Crippen molar-refractivity contribution in [3.63, 3.8) is 0 Å². The number of hydrazine groups is 2. The van der Waals surface area contributed by atoms with Crippen molar-refractivity contribution in [2.45, 2.75) is 18.8 Å². The van der Waals surface area contributed by atoms with E-state index >= 15 is 0 Å². The lowest BCUT2D eigenvalue weighted by Gasteiger charge is -2.20. The number of hydrogen-bond acceptors (Lipinski definition) is 6. The molecular formula is C15H17ClN6O. The van der Waals surface area contributed by atoms with Gasteiger partial charge in [-0.2, -0.15) is 5.53 Å². The fourth-order valence-corrected chi connectivity index (χ4v) is 2.45. The van der Waals surface area contributed by atoms with Gasteiger partial charge in [0.15, 0.2) is 0 Å². The van der Waals surface area contributed by atoms with Crippen LogP contribution >= 0.6 is 11.6 Å². The molecule has 1 amide bonds. The normalized spacial score (nSPS) is 20.2. The van der Waals surface area contributed by atoms with Crippen LogP contribution in [0, 0.1) is 0 Å². The number of carbonyl (C=O) groups excluding carboxylic acids is 1. The molecule has 5 N–H and O–H groups in total. The lowest BCUT2D eigenvalue weighted by molar-refractivity contribution is -0.123. The van der Waals surface area contributed by atoms with Crippen LogP contribution in [-0.4, -0.2) is 23.1 Å². The third kappa shape index (κ3) is 4.17. The van der Waals surface area contributed by atoms with Gasteiger partial charge < -0.3 is 10.6 Å². The zero-order chi connectivity index (χ0) is 16.1. The Bertz CT molecular complexity index is 668. The van der Waals surface area contributed by atoms with Crippen molar-refractivity contribution in [2.24, 2.45) is 0 Å². The number of nitrogens with one attached hydrogen (secondary N) is 5. The molecule has 0 saturated carbocycles. The van der Waals surface area contributed by atoms with Gasteiger partial charge in [0.2, 0.25) is 5.91 Å². The summed E-state index contributed by atoms with van der Waals surface area (Å²) in [6.07, 6.45) is 3.10. The Morgan fingerprint density at radius 1 is 1.26 bits per heavy atom. The zero-order valence-corrected chi connectivity index (χ0v) is 13.0. The van der Waals surface area contributed by atoms with Crippen LogP contribution in [0.25, 0.3) is 0 Å². The summed E-state index contributed by atoms with van der Waals surface area (Å²) in [6.45, 7) is 0.425. The van der Waals surface area contributed by atoms with E-state index in [2.05, 4.69) is 32.0 Å². The second kappa shape index (κ2) is 7.38. The molecule has 3 rings (SSSR count). The Labute approximate surface area is 138 Å². The number of carbonyl (C=O) groups is 1. The lowest BCUT2D eigenvalue weighted by atomic mass is 10.2. The van der Waals surface area contributed by atoms with Crippen LogP contribution in [0.15, 0.2) is 48.8 Å². The predicted molar refractivity (Wildman–Crippen MR) is 88.1 cm³/mol. The number of rotatable bonds is 5. The smallest absolute Gasteiger partial charge is 0.242 e. The molecule has 1 fully saturated rings. The van der Waals surface area contributed by atoms with E-state index in [1.54, 1.807) is 24.5 Å². The Kier molecular flexibility index (Phi) is 5.04. The maximum absolute atomic E-state index is 12.3. The van der Waals surface area contributed by atoms with Crippen LogP contribution in [0.2, 0.25) is 5.02 Å². The highest BCUT2D eigenvalue weighted by molar-refractivity contribution is 6.30. The summed E-state index contributed by atoms with van der Waals surface area (Å²) < 4.78 is 0. The summed E-state index contributed by atoms with van der Waals surface area (Å²) in [5.41, 5.74) is 10.4. The van der Waals surface area contributed by atoms with Crippen LogP contribution in [0.4, 0.5) is 5.69 Å². The first-order valence-corrected chi connectivity index (χ1v) is 7.55. The Balaban J connectivity index is 1.58. The highest BCUT2D eigenvalue weighted by atomic mass is 35.5. The van der Waals surface area contributed by atoms with Gasteiger partial charge >= 0.3 is 0 Å². The van der Waals surface area contributed by atoms with Crippen LogP contribution in [0.5, 0.6) is 0 Å². The molecule has 1 saturated heterocycles. The first-order valence-electron chi connectivity index (χ1n) is 7.17. The van der Waals surface area contributed by atoms with Crippen molar-refractivity contribution in [3.05, 3.63) is 59.4 Å². The lowest BCUT2D eigenvalue weighted by Crippen LogP contribution is -2.50. The second-order valence-electron chi connectivity index (χ2n) is 5.10. The van der Waals surface area contributed by atoms with E-state index < -0.39 is 6.04 Å². The second-order valence-corrected chi connectivity index (χ2v) is 5.54. The molecule has 2 atom stereocenters. The third-order valence-corrected chi connectivity index (χ3v) is 3.64. The Morgan fingerprint density at radius 3 is 2.96 bits per heavy atom. The fourth-order valence-electron chi connectivity index (χ4n) is 2.26. The van der Waals surface area contributed by atoms with Gasteiger partial charge in [0.1, 0.15) is 12.2 Å². The van der Waals surface area contributed by atoms with Crippen LogP contribution in [0.3, 0.4) is 0 Å². The standard InChI is InChI=1S/C15H17ClN6O/c16-11-4-1-5-12(7-11)19-14-13(20-22-21-14)15(23)18-9-10-3-2-6-17-8-10/h1-8,13-14,19-22H,9H2,(H,18,23). The zero-order valence-electron chi connectivity index (χ0n) is 12.2. The van der Waals surface area contributed by atoms with Crippen molar-refractivity contribution in [3.8, 4) is 0 Å². The van der Waals surface area contributed by atoms with Crippen LogP contribution < -0.4 is 27.0 Å². The molecule has 8 heteroatoms. The molecule has 1 aliphatic heterocycles. The van der Waals surface area contributed by atoms with Gasteiger partial charge in [-0.1, -0.05) is 23.7 Å². The molecule has 0 radical (unpaired) electrons. The molecule has 0 spiro atoms. The number of pyridine rings is 1. The summed E-state index contributed by atoms with van der Waals surface area (Å²) in [6, 6.07) is 10.6. The molecule has 7 nitrogen and oxygen atoms in total. The molecule has 0 aliphatic carbocycles. The van der Waals surface area contributed by atoms with Gasteiger partial charge in [0.05, 0.1) is 0 Å². The molecule has 23 heavy (non-hydrogen) atoms. The molecule has 0 bridgehead atoms. The first kappa shape index (κ1) is 15.7. The van der Waals surface area contributed by atoms with Gasteiger partial charge in [-0.3, -0.25) is 9.78 Å². The Hall–Kier alpha value is -2.19. The van der Waals surface area contributed by atoms with Crippen molar-refractivity contribution in [1.82, 2.24) is 26.7 Å². The number of benzene rings is 1. The SMILES string of the molecule is O=C(NCc1cccnc1)C1NNNC1Nc1cccc(Cl)c1. The van der Waals surface area contributed by atoms with E-state index in [0.717, 1.165) is 11.3 Å². The molecule has 2 unspecified atom stereocenters. The number of halogens is 1. The van der Waals surface area contributed by atoms with Gasteiger partial charge in [-0.15, -0.1) is 0 Å². The van der Waals surface area contributed by atoms with Gasteiger partial charge in [-0.25, -0.2) is 10.9 Å². The van der Waals surface area contributed by atoms with E-state index in [1.165, 1.54) is 0 Å². The minimum absolute atomic E-state index is 0.133. The van der Waals surface area contributed by atoms with Gasteiger partial charge in [0, 0.05) is 29.6 Å². The molecular weight excluding hydrogens is 316 g/mol. The number of aromatic nitrogens is 1. The van der Waals surface area contributed by atoms with Crippen LogP contribution in [-0.2, 0) is 11.3 Å². The van der Waals surface area contributed by atoms with E-state index in [9.17, 15) is 4.79 Å². The van der Waals surface area contributed by atoms with Crippen molar-refractivity contribution < 1.29 is 4.79 Å².